The Balaban J connectivity index is 1.74. The van der Waals surface area contributed by atoms with E-state index < -0.39 is 0 Å². The van der Waals surface area contributed by atoms with Crippen molar-refractivity contribution in [2.24, 2.45) is 0 Å². The maximum absolute atomic E-state index is 12.6. The number of nitrogens with one attached hydrogen (secondary N) is 1. The number of aliphatic hydroxyl groups excluding tert-OH is 1. The molecule has 0 amide bonds. The fourth-order valence-electron chi connectivity index (χ4n) is 3.40. The molecule has 29 heavy (non-hydrogen) atoms. The van der Waals surface area contributed by atoms with Crippen LogP contribution in [0.1, 0.15) is 24.5 Å². The van der Waals surface area contributed by atoms with E-state index in [1.54, 1.807) is 0 Å². The number of carbonyl (C=O) groups excluding carboxylic acids is 1. The molecule has 2 N–H and O–H groups in total. The van der Waals surface area contributed by atoms with Gasteiger partial charge in [-0.15, -0.1) is 0 Å². The van der Waals surface area contributed by atoms with Crippen molar-refractivity contribution in [3.63, 3.8) is 0 Å². The second kappa shape index (κ2) is 8.40. The van der Waals surface area contributed by atoms with Gasteiger partial charge in [-0.2, -0.15) is 9.61 Å². The van der Waals surface area contributed by atoms with Crippen LogP contribution in [-0.4, -0.2) is 51.7 Å². The summed E-state index contributed by atoms with van der Waals surface area (Å²) in [6.45, 7) is 5.05. The number of rotatable bonds is 6. The van der Waals surface area contributed by atoms with Gasteiger partial charge in [0.2, 0.25) is 4.96 Å². The van der Waals surface area contributed by atoms with Gasteiger partial charge >= 0.3 is 0 Å². The zero-order valence-electron chi connectivity index (χ0n) is 16.2. The number of aliphatic hydroxyl groups is 1. The van der Waals surface area contributed by atoms with E-state index in [0.717, 1.165) is 37.3 Å². The van der Waals surface area contributed by atoms with Gasteiger partial charge in [0.15, 0.2) is 0 Å². The lowest BCUT2D eigenvalue weighted by molar-refractivity contribution is -0.118. The lowest BCUT2D eigenvalue weighted by atomic mass is 10.0. The van der Waals surface area contributed by atoms with Crippen molar-refractivity contribution in [1.82, 2.24) is 19.9 Å². The van der Waals surface area contributed by atoms with E-state index in [0.29, 0.717) is 34.2 Å². The minimum Gasteiger partial charge on any atom is -0.392 e. The molecule has 0 radical (unpaired) electrons. The number of ketones is 1. The van der Waals surface area contributed by atoms with Crippen LogP contribution in [0.15, 0.2) is 29.1 Å². The molecule has 0 unspecified atom stereocenters. The second-order valence-corrected chi connectivity index (χ2v) is 8.01. The Labute approximate surface area is 171 Å². The summed E-state index contributed by atoms with van der Waals surface area (Å²) in [7, 11) is 0. The fourth-order valence-corrected chi connectivity index (χ4v) is 4.29. The molecule has 0 bridgehead atoms. The first-order chi connectivity index (χ1) is 14.1. The van der Waals surface area contributed by atoms with Crippen LogP contribution in [0.25, 0.3) is 15.5 Å². The monoisotopic (exact) mass is 413 g/mol. The van der Waals surface area contributed by atoms with E-state index in [2.05, 4.69) is 20.3 Å². The number of piperazine rings is 1. The molecular formula is C20H23N5O3S. The van der Waals surface area contributed by atoms with E-state index >= 15 is 0 Å². The van der Waals surface area contributed by atoms with Crippen LogP contribution in [0.2, 0.25) is 0 Å². The zero-order valence-corrected chi connectivity index (χ0v) is 17.0. The van der Waals surface area contributed by atoms with E-state index in [1.165, 1.54) is 21.9 Å². The summed E-state index contributed by atoms with van der Waals surface area (Å²) in [5.41, 5.74) is 2.10. The molecule has 4 rings (SSSR count). The highest BCUT2D eigenvalue weighted by Gasteiger charge is 2.17. The fraction of sp³-hybridized carbons (Fsp3) is 0.400. The minimum absolute atomic E-state index is 0.128. The standard InChI is InChI=1S/C20H23N5O3S/c1-2-16(27)10-13-7-14(12-26)9-15(8-13)19-23-25-18(28)11-17(22-20(25)29-19)24-5-3-21-4-6-24/h7-9,11,21,26H,2-6,10,12H2,1H3. The molecule has 9 heteroatoms. The number of hydrogen-bond donors (Lipinski definition) is 2. The summed E-state index contributed by atoms with van der Waals surface area (Å²) in [4.78, 5) is 31.7. The zero-order chi connectivity index (χ0) is 20.4. The normalized spacial score (nSPS) is 14.5. The number of aromatic nitrogens is 3. The third-order valence-electron chi connectivity index (χ3n) is 4.95. The summed E-state index contributed by atoms with van der Waals surface area (Å²) in [6, 6.07) is 7.08. The van der Waals surface area contributed by atoms with Gasteiger partial charge in [-0.3, -0.25) is 9.59 Å². The molecule has 0 atom stereocenters. The van der Waals surface area contributed by atoms with Crippen LogP contribution in [0.4, 0.5) is 5.82 Å². The molecule has 1 aliphatic heterocycles. The molecule has 152 valence electrons. The maximum atomic E-state index is 12.6. The van der Waals surface area contributed by atoms with Gasteiger partial charge in [0, 0.05) is 50.7 Å². The van der Waals surface area contributed by atoms with Crippen molar-refractivity contribution in [2.75, 3.05) is 31.1 Å². The lowest BCUT2D eigenvalue weighted by Gasteiger charge is -2.27. The summed E-state index contributed by atoms with van der Waals surface area (Å²) >= 11 is 1.33. The van der Waals surface area contributed by atoms with Crippen molar-refractivity contribution in [3.8, 4) is 10.6 Å². The highest BCUT2D eigenvalue weighted by molar-refractivity contribution is 7.19. The molecule has 3 aromatic rings. The van der Waals surface area contributed by atoms with Crippen molar-refractivity contribution in [1.29, 1.82) is 0 Å². The van der Waals surface area contributed by atoms with Gasteiger partial charge in [-0.25, -0.2) is 4.98 Å². The smallest absolute Gasteiger partial charge is 0.277 e. The molecule has 1 saturated heterocycles. The first-order valence-electron chi connectivity index (χ1n) is 9.69. The first-order valence-corrected chi connectivity index (χ1v) is 10.5. The van der Waals surface area contributed by atoms with Gasteiger partial charge < -0.3 is 15.3 Å². The first kappa shape index (κ1) is 19.7. The van der Waals surface area contributed by atoms with E-state index in [9.17, 15) is 14.7 Å². The van der Waals surface area contributed by atoms with Crippen molar-refractivity contribution < 1.29 is 9.90 Å². The highest BCUT2D eigenvalue weighted by Crippen LogP contribution is 2.28. The largest absolute Gasteiger partial charge is 0.392 e. The summed E-state index contributed by atoms with van der Waals surface area (Å²) in [5.74, 6) is 0.805. The molecule has 0 saturated carbocycles. The quantitative estimate of drug-likeness (QED) is 0.627. The third kappa shape index (κ3) is 4.21. The molecule has 0 spiro atoms. The SMILES string of the molecule is CCC(=O)Cc1cc(CO)cc(-c2nn3c(=O)cc(N4CCNCC4)nc3s2)c1. The van der Waals surface area contributed by atoms with Crippen LogP contribution >= 0.6 is 11.3 Å². The number of benzene rings is 1. The molecule has 8 nitrogen and oxygen atoms in total. The lowest BCUT2D eigenvalue weighted by Crippen LogP contribution is -2.44. The van der Waals surface area contributed by atoms with Gasteiger partial charge in [0.1, 0.15) is 16.6 Å². The predicted octanol–water partition coefficient (Wildman–Crippen LogP) is 1.24. The Morgan fingerprint density at radius 1 is 1.21 bits per heavy atom. The topological polar surface area (TPSA) is 99.8 Å². The summed E-state index contributed by atoms with van der Waals surface area (Å²) in [6.07, 6.45) is 0.779. The number of Topliss-reactive ketones (excluding diaryl/α,β-unsaturated/α-hetero) is 1. The number of nitrogens with zero attached hydrogens (tertiary/aromatic N) is 4. The van der Waals surface area contributed by atoms with Crippen LogP contribution in [-0.2, 0) is 17.8 Å². The van der Waals surface area contributed by atoms with Gasteiger partial charge in [-0.05, 0) is 23.3 Å². The van der Waals surface area contributed by atoms with Crippen molar-refractivity contribution in [2.45, 2.75) is 26.4 Å². The maximum Gasteiger partial charge on any atom is 0.277 e. The summed E-state index contributed by atoms with van der Waals surface area (Å²) < 4.78 is 1.31. The van der Waals surface area contributed by atoms with Gasteiger partial charge in [0.05, 0.1) is 6.61 Å². The highest BCUT2D eigenvalue weighted by atomic mass is 32.1. The molecular weight excluding hydrogens is 390 g/mol. The molecule has 2 aromatic heterocycles. The molecule has 1 aliphatic rings. The van der Waals surface area contributed by atoms with E-state index in [1.807, 2.05) is 25.1 Å². The van der Waals surface area contributed by atoms with Gasteiger partial charge in [-0.1, -0.05) is 24.3 Å². The van der Waals surface area contributed by atoms with Crippen molar-refractivity contribution in [3.05, 3.63) is 45.7 Å². The molecule has 1 fully saturated rings. The Hall–Kier alpha value is -2.62. The predicted molar refractivity (Wildman–Crippen MR) is 113 cm³/mol. The Morgan fingerprint density at radius 3 is 2.69 bits per heavy atom. The van der Waals surface area contributed by atoms with Crippen molar-refractivity contribution >= 4 is 27.9 Å². The number of fused-ring (bicyclic) bond motifs is 1. The Bertz CT molecular complexity index is 1100. The number of hydrogen-bond acceptors (Lipinski definition) is 8. The molecule has 0 aliphatic carbocycles. The van der Waals surface area contributed by atoms with Crippen LogP contribution in [0.3, 0.4) is 0 Å². The van der Waals surface area contributed by atoms with Gasteiger partial charge in [0.25, 0.3) is 5.56 Å². The minimum atomic E-state index is -0.217. The summed E-state index contributed by atoms with van der Waals surface area (Å²) in [5, 5.41) is 18.0. The average molecular weight is 414 g/mol. The number of carbonyl (C=O) groups is 1. The third-order valence-corrected chi connectivity index (χ3v) is 5.91. The van der Waals surface area contributed by atoms with Crippen LogP contribution < -0.4 is 15.8 Å². The van der Waals surface area contributed by atoms with E-state index in [-0.39, 0.29) is 17.9 Å². The van der Waals surface area contributed by atoms with E-state index in [4.69, 9.17) is 0 Å². The second-order valence-electron chi connectivity index (χ2n) is 7.06. The van der Waals surface area contributed by atoms with Crippen LogP contribution in [0, 0.1) is 0 Å². The van der Waals surface area contributed by atoms with Crippen LogP contribution in [0.5, 0.6) is 0 Å². The molecule has 1 aromatic carbocycles. The molecule has 3 heterocycles. The Morgan fingerprint density at radius 2 is 1.97 bits per heavy atom. The average Bonchev–Trinajstić information content (AvgIpc) is 3.19. The number of anilines is 1. The Kier molecular flexibility index (Phi) is 5.70.